The van der Waals surface area contributed by atoms with Gasteiger partial charge in [0, 0.05) is 5.69 Å². The molecule has 122 valence electrons. The molecule has 1 aliphatic heterocycles. The van der Waals surface area contributed by atoms with Gasteiger partial charge in [0.05, 0.1) is 11.0 Å². The average Bonchev–Trinajstić information content (AvgIpc) is 3.02. The van der Waals surface area contributed by atoms with Crippen LogP contribution in [-0.2, 0) is 5.41 Å². The largest absolute Gasteiger partial charge is 0.420 e. The highest BCUT2D eigenvalue weighted by Crippen LogP contribution is 2.51. The highest BCUT2D eigenvalue weighted by Gasteiger charge is 2.49. The third-order valence-electron chi connectivity index (χ3n) is 4.64. The third kappa shape index (κ3) is 1.98. The van der Waals surface area contributed by atoms with Gasteiger partial charge in [-0.3, -0.25) is 5.10 Å². The Labute approximate surface area is 145 Å². The number of ether oxygens (including phenoxy) is 1. The van der Waals surface area contributed by atoms with Gasteiger partial charge in [-0.1, -0.05) is 60.7 Å². The summed E-state index contributed by atoms with van der Waals surface area (Å²) in [4.78, 5) is 0. The summed E-state index contributed by atoms with van der Waals surface area (Å²) in [6, 6.07) is 22.0. The molecule has 5 nitrogen and oxygen atoms in total. The molecule has 3 N–H and O–H groups in total. The molecule has 3 aromatic rings. The SMILES string of the molecule is Cc1[nH]nc2c1C(c1ccccc1)(c1ccccc1)C(C#N)=C(N)O2. The predicted molar refractivity (Wildman–Crippen MR) is 93.5 cm³/mol. The first kappa shape index (κ1) is 15.0. The third-order valence-corrected chi connectivity index (χ3v) is 4.64. The summed E-state index contributed by atoms with van der Waals surface area (Å²) in [5.41, 5.74) is 9.17. The van der Waals surface area contributed by atoms with Gasteiger partial charge in [0.1, 0.15) is 11.6 Å². The number of nitrogens with zero attached hydrogens (tertiary/aromatic N) is 2. The van der Waals surface area contributed by atoms with Crippen LogP contribution < -0.4 is 10.5 Å². The Morgan fingerprint density at radius 1 is 1.04 bits per heavy atom. The van der Waals surface area contributed by atoms with Crippen LogP contribution in [0.4, 0.5) is 0 Å². The standard InChI is InChI=1S/C20H16N4O/c1-13-17-19(24-23-13)25-18(22)16(12-21)20(17,14-8-4-2-5-9-14)15-10-6-3-7-11-15/h2-11H,22H2,1H3,(H,23,24). The Kier molecular flexibility index (Phi) is 3.33. The predicted octanol–water partition coefficient (Wildman–Crippen LogP) is 3.14. The Morgan fingerprint density at radius 2 is 1.60 bits per heavy atom. The Bertz CT molecular complexity index is 958. The molecule has 25 heavy (non-hydrogen) atoms. The maximum atomic E-state index is 9.98. The molecule has 5 heteroatoms. The number of hydrogen-bond acceptors (Lipinski definition) is 4. The van der Waals surface area contributed by atoms with Gasteiger partial charge < -0.3 is 10.5 Å². The van der Waals surface area contributed by atoms with Crippen molar-refractivity contribution in [3.8, 4) is 11.9 Å². The van der Waals surface area contributed by atoms with Crippen molar-refractivity contribution in [3.05, 3.63) is 94.5 Å². The first-order valence-electron chi connectivity index (χ1n) is 7.94. The molecule has 0 unspecified atom stereocenters. The molecule has 0 spiro atoms. The number of aromatic amines is 1. The summed E-state index contributed by atoms with van der Waals surface area (Å²) >= 11 is 0. The summed E-state index contributed by atoms with van der Waals surface area (Å²) in [6.07, 6.45) is 0. The number of allylic oxidation sites excluding steroid dienone is 1. The van der Waals surface area contributed by atoms with Crippen LogP contribution in [-0.4, -0.2) is 10.2 Å². The van der Waals surface area contributed by atoms with Gasteiger partial charge in [-0.15, -0.1) is 5.10 Å². The lowest BCUT2D eigenvalue weighted by molar-refractivity contribution is 0.366. The van der Waals surface area contributed by atoms with E-state index in [1.807, 2.05) is 67.6 Å². The average molecular weight is 328 g/mol. The van der Waals surface area contributed by atoms with Gasteiger partial charge in [-0.05, 0) is 18.1 Å². The molecular weight excluding hydrogens is 312 g/mol. The van der Waals surface area contributed by atoms with Gasteiger partial charge in [-0.25, -0.2) is 0 Å². The molecule has 1 aliphatic rings. The van der Waals surface area contributed by atoms with Crippen LogP contribution in [0.25, 0.3) is 0 Å². The molecule has 0 amide bonds. The van der Waals surface area contributed by atoms with Crippen LogP contribution in [0, 0.1) is 18.3 Å². The second kappa shape index (κ2) is 5.53. The van der Waals surface area contributed by atoms with Crippen LogP contribution in [0.3, 0.4) is 0 Å². The number of nitrogens with one attached hydrogen (secondary N) is 1. The molecule has 0 radical (unpaired) electrons. The molecule has 2 aromatic carbocycles. The van der Waals surface area contributed by atoms with Crippen LogP contribution in [0.1, 0.15) is 22.4 Å². The fourth-order valence-electron chi connectivity index (χ4n) is 3.65. The minimum atomic E-state index is -0.869. The lowest BCUT2D eigenvalue weighted by Crippen LogP contribution is -2.38. The number of nitriles is 1. The zero-order valence-corrected chi connectivity index (χ0v) is 13.7. The highest BCUT2D eigenvalue weighted by molar-refractivity contribution is 5.67. The van der Waals surface area contributed by atoms with E-state index in [4.69, 9.17) is 10.5 Å². The molecular formula is C20H16N4O. The first-order valence-corrected chi connectivity index (χ1v) is 7.94. The van der Waals surface area contributed by atoms with Crippen molar-refractivity contribution in [1.82, 2.24) is 10.2 Å². The number of H-pyrrole nitrogens is 1. The number of aromatic nitrogens is 2. The lowest BCUT2D eigenvalue weighted by Gasteiger charge is -2.38. The van der Waals surface area contributed by atoms with E-state index in [9.17, 15) is 5.26 Å². The maximum absolute atomic E-state index is 9.98. The Hall–Kier alpha value is -3.52. The van der Waals surface area contributed by atoms with E-state index in [1.54, 1.807) is 0 Å². The zero-order valence-electron chi connectivity index (χ0n) is 13.7. The van der Waals surface area contributed by atoms with Crippen molar-refractivity contribution in [1.29, 1.82) is 5.26 Å². The topological polar surface area (TPSA) is 87.7 Å². The summed E-state index contributed by atoms with van der Waals surface area (Å²) in [5, 5.41) is 17.2. The molecule has 4 rings (SSSR count). The normalized spacial score (nSPS) is 15.2. The van der Waals surface area contributed by atoms with Gasteiger partial charge in [0.2, 0.25) is 11.8 Å². The van der Waals surface area contributed by atoms with Crippen LogP contribution in [0.5, 0.6) is 5.88 Å². The first-order chi connectivity index (χ1) is 12.2. The number of hydrogen-bond donors (Lipinski definition) is 2. The smallest absolute Gasteiger partial charge is 0.244 e. The summed E-state index contributed by atoms with van der Waals surface area (Å²) in [7, 11) is 0. The number of fused-ring (bicyclic) bond motifs is 1. The van der Waals surface area contributed by atoms with Crippen molar-refractivity contribution >= 4 is 0 Å². The maximum Gasteiger partial charge on any atom is 0.244 e. The van der Waals surface area contributed by atoms with E-state index < -0.39 is 5.41 Å². The molecule has 0 aliphatic carbocycles. The van der Waals surface area contributed by atoms with Crippen molar-refractivity contribution in [3.63, 3.8) is 0 Å². The monoisotopic (exact) mass is 328 g/mol. The lowest BCUT2D eigenvalue weighted by atomic mass is 9.64. The van der Waals surface area contributed by atoms with E-state index in [0.717, 1.165) is 22.4 Å². The zero-order chi connectivity index (χ0) is 17.4. The fraction of sp³-hybridized carbons (Fsp3) is 0.100. The van der Waals surface area contributed by atoms with Crippen molar-refractivity contribution in [2.45, 2.75) is 12.3 Å². The van der Waals surface area contributed by atoms with Gasteiger partial charge in [-0.2, -0.15) is 5.26 Å². The van der Waals surface area contributed by atoms with E-state index >= 15 is 0 Å². The quantitative estimate of drug-likeness (QED) is 0.756. The van der Waals surface area contributed by atoms with Crippen LogP contribution in [0.2, 0.25) is 0 Å². The minimum absolute atomic E-state index is 0.0780. The molecule has 0 fully saturated rings. The second-order valence-electron chi connectivity index (χ2n) is 5.96. The molecule has 2 heterocycles. The number of aryl methyl sites for hydroxylation is 1. The van der Waals surface area contributed by atoms with Crippen LogP contribution in [0.15, 0.2) is 72.1 Å². The van der Waals surface area contributed by atoms with E-state index in [2.05, 4.69) is 16.3 Å². The number of nitrogens with two attached hydrogens (primary N) is 1. The van der Waals surface area contributed by atoms with E-state index in [0.29, 0.717) is 11.5 Å². The second-order valence-corrected chi connectivity index (χ2v) is 5.96. The van der Waals surface area contributed by atoms with Crippen LogP contribution >= 0.6 is 0 Å². The summed E-state index contributed by atoms with van der Waals surface area (Å²) in [5.74, 6) is 0.482. The minimum Gasteiger partial charge on any atom is -0.420 e. The summed E-state index contributed by atoms with van der Waals surface area (Å²) < 4.78 is 5.65. The van der Waals surface area contributed by atoms with Gasteiger partial charge >= 0.3 is 0 Å². The van der Waals surface area contributed by atoms with E-state index in [1.165, 1.54) is 0 Å². The van der Waals surface area contributed by atoms with Crippen molar-refractivity contribution in [2.75, 3.05) is 0 Å². The van der Waals surface area contributed by atoms with Gasteiger partial charge in [0.25, 0.3) is 0 Å². The highest BCUT2D eigenvalue weighted by atomic mass is 16.5. The molecule has 0 saturated carbocycles. The number of benzene rings is 2. The fourth-order valence-corrected chi connectivity index (χ4v) is 3.65. The van der Waals surface area contributed by atoms with Crippen molar-refractivity contribution in [2.24, 2.45) is 5.73 Å². The molecule has 0 bridgehead atoms. The van der Waals surface area contributed by atoms with E-state index in [-0.39, 0.29) is 5.88 Å². The summed E-state index contributed by atoms with van der Waals surface area (Å²) in [6.45, 7) is 1.92. The molecule has 0 atom stereocenters. The molecule has 1 aromatic heterocycles. The van der Waals surface area contributed by atoms with Gasteiger partial charge in [0.15, 0.2) is 0 Å². The number of rotatable bonds is 2. The Morgan fingerprint density at radius 3 is 2.12 bits per heavy atom. The van der Waals surface area contributed by atoms with Crippen molar-refractivity contribution < 1.29 is 4.74 Å². The molecule has 0 saturated heterocycles. The Balaban J connectivity index is 2.21.